The molecule has 1 atom stereocenters. The molecule has 5 heteroatoms. The van der Waals surface area contributed by atoms with Gasteiger partial charge in [0, 0.05) is 38.1 Å². The average molecular weight is 338 g/mol. The van der Waals surface area contributed by atoms with Gasteiger partial charge >= 0.3 is 0 Å². The van der Waals surface area contributed by atoms with Gasteiger partial charge in [0.15, 0.2) is 0 Å². The number of pyridine rings is 1. The minimum absolute atomic E-state index is 0.0643. The zero-order valence-electron chi connectivity index (χ0n) is 15.0. The van der Waals surface area contributed by atoms with Crippen LogP contribution in [0, 0.1) is 6.92 Å². The number of aryl methyl sites for hydroxylation is 1. The van der Waals surface area contributed by atoms with Crippen LogP contribution in [-0.4, -0.2) is 48.0 Å². The molecule has 132 valence electrons. The molecule has 0 aliphatic carbocycles. The molecule has 0 bridgehead atoms. The highest BCUT2D eigenvalue weighted by Crippen LogP contribution is 2.18. The summed E-state index contributed by atoms with van der Waals surface area (Å²) in [6, 6.07) is 14.3. The minimum atomic E-state index is -0.121. The fraction of sp³-hybridized carbons (Fsp3) is 0.400. The third-order valence-corrected chi connectivity index (χ3v) is 4.81. The molecular weight excluding hydrogens is 312 g/mol. The van der Waals surface area contributed by atoms with Crippen LogP contribution in [-0.2, 0) is 11.3 Å². The smallest absolute Gasteiger partial charge is 0.237 e. The number of rotatable bonds is 5. The Labute approximate surface area is 149 Å². The highest BCUT2D eigenvalue weighted by atomic mass is 16.2. The molecule has 1 amide bonds. The van der Waals surface area contributed by atoms with E-state index >= 15 is 0 Å². The normalized spacial score (nSPS) is 16.5. The van der Waals surface area contributed by atoms with Crippen molar-refractivity contribution in [3.05, 3.63) is 59.9 Å². The molecule has 1 saturated heterocycles. The van der Waals surface area contributed by atoms with Gasteiger partial charge in [0.25, 0.3) is 0 Å². The largest absolute Gasteiger partial charge is 0.369 e. The van der Waals surface area contributed by atoms with E-state index in [2.05, 4.69) is 51.3 Å². The highest BCUT2D eigenvalue weighted by molar-refractivity contribution is 5.81. The molecule has 1 aromatic carbocycles. The van der Waals surface area contributed by atoms with Crippen molar-refractivity contribution in [2.45, 2.75) is 26.4 Å². The molecular formula is C20H26N4O. The molecule has 0 spiro atoms. The Balaban J connectivity index is 1.48. The number of piperazine rings is 1. The van der Waals surface area contributed by atoms with Crippen molar-refractivity contribution in [1.29, 1.82) is 0 Å². The Morgan fingerprint density at radius 3 is 2.48 bits per heavy atom. The topological polar surface area (TPSA) is 48.5 Å². The maximum Gasteiger partial charge on any atom is 0.237 e. The lowest BCUT2D eigenvalue weighted by Gasteiger charge is -2.38. The SMILES string of the molecule is Cc1ccc(N2CCN([C@@H](C)C(=O)NCc3ccccn3)CC2)cc1. The summed E-state index contributed by atoms with van der Waals surface area (Å²) in [4.78, 5) is 21.3. The van der Waals surface area contributed by atoms with Crippen molar-refractivity contribution in [2.24, 2.45) is 0 Å². The van der Waals surface area contributed by atoms with Gasteiger partial charge in [-0.3, -0.25) is 14.7 Å². The van der Waals surface area contributed by atoms with E-state index in [4.69, 9.17) is 0 Å². The molecule has 0 saturated carbocycles. The molecule has 5 nitrogen and oxygen atoms in total. The molecule has 0 radical (unpaired) electrons. The van der Waals surface area contributed by atoms with Crippen molar-refractivity contribution in [3.63, 3.8) is 0 Å². The summed E-state index contributed by atoms with van der Waals surface area (Å²) in [7, 11) is 0. The maximum absolute atomic E-state index is 12.4. The molecule has 25 heavy (non-hydrogen) atoms. The van der Waals surface area contributed by atoms with Gasteiger partial charge in [-0.1, -0.05) is 23.8 Å². The molecule has 0 unspecified atom stereocenters. The molecule has 1 aromatic heterocycles. The first-order valence-corrected chi connectivity index (χ1v) is 8.87. The highest BCUT2D eigenvalue weighted by Gasteiger charge is 2.25. The van der Waals surface area contributed by atoms with Crippen LogP contribution in [0.15, 0.2) is 48.7 Å². The Bertz CT molecular complexity index is 679. The van der Waals surface area contributed by atoms with Crippen molar-refractivity contribution < 1.29 is 4.79 Å². The lowest BCUT2D eigenvalue weighted by Crippen LogP contribution is -2.53. The van der Waals surface area contributed by atoms with Crippen LogP contribution < -0.4 is 10.2 Å². The van der Waals surface area contributed by atoms with E-state index in [9.17, 15) is 4.79 Å². The first kappa shape index (κ1) is 17.4. The van der Waals surface area contributed by atoms with E-state index in [1.807, 2.05) is 25.1 Å². The Morgan fingerprint density at radius 2 is 1.84 bits per heavy atom. The molecule has 3 rings (SSSR count). The van der Waals surface area contributed by atoms with E-state index in [-0.39, 0.29) is 11.9 Å². The van der Waals surface area contributed by atoms with Crippen LogP contribution in [0.2, 0.25) is 0 Å². The standard InChI is InChI=1S/C20H26N4O/c1-16-6-8-19(9-7-16)24-13-11-23(12-14-24)17(2)20(25)22-15-18-5-3-4-10-21-18/h3-10,17H,11-15H2,1-2H3,(H,22,25)/t17-/m0/s1. The van der Waals surface area contributed by atoms with Gasteiger partial charge in [-0.15, -0.1) is 0 Å². The molecule has 1 N–H and O–H groups in total. The summed E-state index contributed by atoms with van der Waals surface area (Å²) in [6.45, 7) is 8.25. The molecule has 2 aromatic rings. The fourth-order valence-electron chi connectivity index (χ4n) is 3.12. The van der Waals surface area contributed by atoms with E-state index in [0.717, 1.165) is 31.9 Å². The van der Waals surface area contributed by atoms with E-state index in [0.29, 0.717) is 6.54 Å². The number of carbonyl (C=O) groups excluding carboxylic acids is 1. The number of hydrogen-bond donors (Lipinski definition) is 1. The predicted octanol–water partition coefficient (Wildman–Crippen LogP) is 2.22. The van der Waals surface area contributed by atoms with Crippen LogP contribution in [0.25, 0.3) is 0 Å². The van der Waals surface area contributed by atoms with Crippen molar-refractivity contribution >= 4 is 11.6 Å². The van der Waals surface area contributed by atoms with E-state index < -0.39 is 0 Å². The summed E-state index contributed by atoms with van der Waals surface area (Å²) in [5.74, 6) is 0.0643. The zero-order chi connectivity index (χ0) is 17.6. The number of aromatic nitrogens is 1. The lowest BCUT2D eigenvalue weighted by atomic mass is 10.1. The van der Waals surface area contributed by atoms with Crippen LogP contribution in [0.4, 0.5) is 5.69 Å². The number of anilines is 1. The van der Waals surface area contributed by atoms with Gasteiger partial charge in [0.2, 0.25) is 5.91 Å². The lowest BCUT2D eigenvalue weighted by molar-refractivity contribution is -0.126. The van der Waals surface area contributed by atoms with Gasteiger partial charge in [-0.2, -0.15) is 0 Å². The number of carbonyl (C=O) groups is 1. The second-order valence-corrected chi connectivity index (χ2v) is 6.57. The van der Waals surface area contributed by atoms with Gasteiger partial charge in [-0.05, 0) is 38.1 Å². The minimum Gasteiger partial charge on any atom is -0.369 e. The number of benzene rings is 1. The Kier molecular flexibility index (Phi) is 5.66. The third kappa shape index (κ3) is 4.57. The first-order valence-electron chi connectivity index (χ1n) is 8.87. The second kappa shape index (κ2) is 8.12. The van der Waals surface area contributed by atoms with Gasteiger partial charge in [0.1, 0.15) is 0 Å². The van der Waals surface area contributed by atoms with Crippen LogP contribution in [0.3, 0.4) is 0 Å². The number of hydrogen-bond acceptors (Lipinski definition) is 4. The van der Waals surface area contributed by atoms with Crippen LogP contribution >= 0.6 is 0 Å². The Hall–Kier alpha value is -2.40. The van der Waals surface area contributed by atoms with Crippen molar-refractivity contribution in [2.75, 3.05) is 31.1 Å². The fourth-order valence-corrected chi connectivity index (χ4v) is 3.12. The number of nitrogens with one attached hydrogen (secondary N) is 1. The molecule has 1 aliphatic rings. The van der Waals surface area contributed by atoms with Crippen molar-refractivity contribution in [3.8, 4) is 0 Å². The summed E-state index contributed by atoms with van der Waals surface area (Å²) >= 11 is 0. The summed E-state index contributed by atoms with van der Waals surface area (Å²) < 4.78 is 0. The summed E-state index contributed by atoms with van der Waals surface area (Å²) in [5, 5.41) is 2.99. The second-order valence-electron chi connectivity index (χ2n) is 6.57. The van der Waals surface area contributed by atoms with E-state index in [1.165, 1.54) is 11.3 Å². The predicted molar refractivity (Wildman–Crippen MR) is 101 cm³/mol. The number of nitrogens with zero attached hydrogens (tertiary/aromatic N) is 3. The number of amides is 1. The average Bonchev–Trinajstić information content (AvgIpc) is 2.67. The van der Waals surface area contributed by atoms with Gasteiger partial charge in [0.05, 0.1) is 18.3 Å². The van der Waals surface area contributed by atoms with Crippen LogP contribution in [0.5, 0.6) is 0 Å². The van der Waals surface area contributed by atoms with Gasteiger partial charge in [-0.25, -0.2) is 0 Å². The maximum atomic E-state index is 12.4. The summed E-state index contributed by atoms with van der Waals surface area (Å²) in [6.07, 6.45) is 1.75. The van der Waals surface area contributed by atoms with E-state index in [1.54, 1.807) is 6.20 Å². The van der Waals surface area contributed by atoms with Crippen molar-refractivity contribution in [1.82, 2.24) is 15.2 Å². The molecule has 1 aliphatic heterocycles. The zero-order valence-corrected chi connectivity index (χ0v) is 15.0. The molecule has 1 fully saturated rings. The molecule has 2 heterocycles. The third-order valence-electron chi connectivity index (χ3n) is 4.81. The van der Waals surface area contributed by atoms with Gasteiger partial charge < -0.3 is 10.2 Å². The monoisotopic (exact) mass is 338 g/mol. The summed E-state index contributed by atoms with van der Waals surface area (Å²) in [5.41, 5.74) is 3.42. The first-order chi connectivity index (χ1) is 12.1. The Morgan fingerprint density at radius 1 is 1.12 bits per heavy atom. The quantitative estimate of drug-likeness (QED) is 0.908. The van der Waals surface area contributed by atoms with Crippen LogP contribution in [0.1, 0.15) is 18.2 Å².